The van der Waals surface area contributed by atoms with E-state index in [1.165, 1.54) is 6.08 Å². The highest BCUT2D eigenvalue weighted by Gasteiger charge is 2.39. The van der Waals surface area contributed by atoms with Gasteiger partial charge >= 0.3 is 24.5 Å². The normalized spacial score (nSPS) is 15.3. The molecule has 43 heavy (non-hydrogen) atoms. The first kappa shape index (κ1) is 33.8. The van der Waals surface area contributed by atoms with Gasteiger partial charge in [0.1, 0.15) is 5.76 Å². The molecule has 0 heterocycles. The summed E-state index contributed by atoms with van der Waals surface area (Å²) in [6, 6.07) is 0.804. The van der Waals surface area contributed by atoms with E-state index in [0.29, 0.717) is 18.6 Å². The van der Waals surface area contributed by atoms with Crippen LogP contribution in [0.15, 0.2) is 64.3 Å². The molecule has 236 valence electrons. The van der Waals surface area contributed by atoms with Gasteiger partial charge in [0.25, 0.3) is 10.0 Å². The van der Waals surface area contributed by atoms with Gasteiger partial charge in [-0.15, -0.1) is 0 Å². The zero-order valence-corrected chi connectivity index (χ0v) is 23.4. The van der Waals surface area contributed by atoms with Crippen molar-refractivity contribution in [1.29, 1.82) is 0 Å². The highest BCUT2D eigenvalue weighted by molar-refractivity contribution is 7.92. The van der Waals surface area contributed by atoms with Crippen LogP contribution in [0.5, 0.6) is 5.75 Å². The van der Waals surface area contributed by atoms with Crippen molar-refractivity contribution in [3.05, 3.63) is 76.1 Å². The van der Waals surface area contributed by atoms with Gasteiger partial charge in [-0.3, -0.25) is 4.72 Å². The SMILES string of the molecule is CCC(C)(C)C1=CC(C(=O)O)=C(Oc2ccc(C(F)(F)F)cc2NS(=O)(=O)c2cc(C(F)(F)F)cc(C(F)(F)F)c2)CC1. The number of ether oxygens (including phenoxy) is 1. The molecule has 0 fully saturated rings. The fourth-order valence-corrected chi connectivity index (χ4v) is 5.18. The summed E-state index contributed by atoms with van der Waals surface area (Å²) in [5, 5.41) is 9.76. The number of carbonyl (C=O) groups is 1. The van der Waals surface area contributed by atoms with E-state index in [1.54, 1.807) is 4.72 Å². The molecule has 0 amide bonds. The second kappa shape index (κ2) is 11.4. The highest BCUT2D eigenvalue weighted by atomic mass is 32.2. The van der Waals surface area contributed by atoms with Crippen LogP contribution in [0.1, 0.15) is 56.7 Å². The maximum atomic E-state index is 13.5. The van der Waals surface area contributed by atoms with Crippen molar-refractivity contribution in [2.24, 2.45) is 5.41 Å². The summed E-state index contributed by atoms with van der Waals surface area (Å²) < 4.78 is 153. The van der Waals surface area contributed by atoms with Crippen molar-refractivity contribution in [1.82, 2.24) is 0 Å². The smallest absolute Gasteiger partial charge is 0.416 e. The summed E-state index contributed by atoms with van der Waals surface area (Å²) in [6.45, 7) is 5.61. The first-order valence-electron chi connectivity index (χ1n) is 12.3. The van der Waals surface area contributed by atoms with Gasteiger partial charge in [0.05, 0.1) is 32.8 Å². The van der Waals surface area contributed by atoms with E-state index in [1.807, 2.05) is 20.8 Å². The molecule has 0 aromatic heterocycles. The Kier molecular flexibility index (Phi) is 8.99. The molecule has 0 aliphatic heterocycles. The summed E-state index contributed by atoms with van der Waals surface area (Å²) in [5.74, 6) is -2.40. The van der Waals surface area contributed by atoms with Crippen LogP contribution in [0.4, 0.5) is 45.2 Å². The lowest BCUT2D eigenvalue weighted by molar-refractivity contribution is -0.143. The molecule has 0 unspecified atom stereocenters. The van der Waals surface area contributed by atoms with Gasteiger partial charge < -0.3 is 9.84 Å². The van der Waals surface area contributed by atoms with Crippen LogP contribution in [0.2, 0.25) is 0 Å². The van der Waals surface area contributed by atoms with Crippen molar-refractivity contribution in [2.45, 2.75) is 63.5 Å². The van der Waals surface area contributed by atoms with Gasteiger partial charge in [-0.25, -0.2) is 13.2 Å². The van der Waals surface area contributed by atoms with Gasteiger partial charge in [0, 0.05) is 6.42 Å². The molecule has 2 aromatic carbocycles. The van der Waals surface area contributed by atoms with Crippen molar-refractivity contribution in [2.75, 3.05) is 4.72 Å². The van der Waals surface area contributed by atoms with E-state index in [9.17, 15) is 57.8 Å². The van der Waals surface area contributed by atoms with Crippen LogP contribution < -0.4 is 9.46 Å². The van der Waals surface area contributed by atoms with Crippen molar-refractivity contribution >= 4 is 21.7 Å². The Morgan fingerprint density at radius 1 is 0.860 bits per heavy atom. The molecule has 0 spiro atoms. The van der Waals surface area contributed by atoms with Crippen LogP contribution in [0.25, 0.3) is 0 Å². The second-order valence-electron chi connectivity index (χ2n) is 10.2. The maximum Gasteiger partial charge on any atom is 0.416 e. The molecule has 2 N–H and O–H groups in total. The summed E-state index contributed by atoms with van der Waals surface area (Å²) in [6.07, 6.45) is -13.7. The van der Waals surface area contributed by atoms with E-state index >= 15 is 0 Å². The number of hydrogen-bond acceptors (Lipinski definition) is 4. The number of anilines is 1. The van der Waals surface area contributed by atoms with Crippen LogP contribution in [-0.2, 0) is 33.3 Å². The maximum absolute atomic E-state index is 13.5. The summed E-state index contributed by atoms with van der Waals surface area (Å²) in [4.78, 5) is 10.5. The number of alkyl halides is 9. The van der Waals surface area contributed by atoms with Gasteiger partial charge in [0.15, 0.2) is 5.75 Å². The Balaban J connectivity index is 2.17. The summed E-state index contributed by atoms with van der Waals surface area (Å²) >= 11 is 0. The fourth-order valence-electron chi connectivity index (χ4n) is 4.05. The largest absolute Gasteiger partial charge is 0.478 e. The molecular formula is C27H24F9NO5S. The van der Waals surface area contributed by atoms with Crippen molar-refractivity contribution < 1.29 is 62.6 Å². The molecule has 0 saturated carbocycles. The number of carboxylic acids is 1. The summed E-state index contributed by atoms with van der Waals surface area (Å²) in [5.41, 5.74) is -6.45. The van der Waals surface area contributed by atoms with Gasteiger partial charge in [-0.2, -0.15) is 39.5 Å². The third-order valence-electron chi connectivity index (χ3n) is 6.88. The molecular weight excluding hydrogens is 621 g/mol. The molecule has 0 saturated heterocycles. The standard InChI is InChI=1S/C27H24F9NO5S/c1-4-24(2,3)14-5-7-21(19(12-14)23(38)39)42-22-8-6-15(25(28,29)30)13-20(22)37-43(40,41)18-10-16(26(31,32)33)9-17(11-18)27(34,35)36/h6,8-13,37H,4-5,7H2,1-3H3,(H,38,39). The van der Waals surface area contributed by atoms with Crippen molar-refractivity contribution in [3.8, 4) is 5.75 Å². The first-order chi connectivity index (χ1) is 19.5. The Labute approximate surface area is 239 Å². The van der Waals surface area contributed by atoms with E-state index in [4.69, 9.17) is 4.74 Å². The van der Waals surface area contributed by atoms with Gasteiger partial charge in [-0.05, 0) is 60.7 Å². The fraction of sp³-hybridized carbons (Fsp3) is 0.370. The molecule has 0 atom stereocenters. The molecule has 16 heteroatoms. The first-order valence-corrected chi connectivity index (χ1v) is 13.8. The van der Waals surface area contributed by atoms with Gasteiger partial charge in [-0.1, -0.05) is 26.3 Å². The Morgan fingerprint density at radius 3 is 1.86 bits per heavy atom. The lowest BCUT2D eigenvalue weighted by Crippen LogP contribution is -2.21. The Hall–Kier alpha value is -3.69. The van der Waals surface area contributed by atoms with E-state index in [-0.39, 0.29) is 48.4 Å². The Bertz CT molecular complexity index is 1550. The lowest BCUT2D eigenvalue weighted by Gasteiger charge is -2.30. The molecule has 3 rings (SSSR count). The molecule has 1 aliphatic rings. The zero-order chi connectivity index (χ0) is 32.8. The third-order valence-corrected chi connectivity index (χ3v) is 8.22. The number of carboxylic acid groups (broad SMARTS) is 1. The van der Waals surface area contributed by atoms with E-state index < -0.39 is 73.0 Å². The third kappa shape index (κ3) is 7.83. The number of rotatable bonds is 8. The number of nitrogens with one attached hydrogen (secondary N) is 1. The van der Waals surface area contributed by atoms with Crippen LogP contribution in [0, 0.1) is 5.41 Å². The minimum Gasteiger partial charge on any atom is -0.478 e. The molecule has 2 aromatic rings. The molecule has 1 aliphatic carbocycles. The van der Waals surface area contributed by atoms with Crippen LogP contribution in [0.3, 0.4) is 0 Å². The average molecular weight is 646 g/mol. The molecule has 0 radical (unpaired) electrons. The highest BCUT2D eigenvalue weighted by Crippen LogP contribution is 2.42. The second-order valence-corrected chi connectivity index (χ2v) is 11.9. The molecule has 6 nitrogen and oxygen atoms in total. The number of halogens is 9. The number of hydrogen-bond donors (Lipinski definition) is 2. The minimum absolute atomic E-state index is 0.0628. The number of benzene rings is 2. The van der Waals surface area contributed by atoms with Crippen LogP contribution >= 0.6 is 0 Å². The average Bonchev–Trinajstić information content (AvgIpc) is 2.87. The van der Waals surface area contributed by atoms with E-state index in [2.05, 4.69) is 0 Å². The van der Waals surface area contributed by atoms with Crippen molar-refractivity contribution in [3.63, 3.8) is 0 Å². The van der Waals surface area contributed by atoms with Crippen LogP contribution in [-0.4, -0.2) is 19.5 Å². The van der Waals surface area contributed by atoms with Gasteiger partial charge in [0.2, 0.25) is 0 Å². The van der Waals surface area contributed by atoms with E-state index in [0.717, 1.165) is 5.57 Å². The molecule has 0 bridgehead atoms. The topological polar surface area (TPSA) is 92.7 Å². The predicted molar refractivity (Wildman–Crippen MR) is 135 cm³/mol. The monoisotopic (exact) mass is 645 g/mol. The predicted octanol–water partition coefficient (Wildman–Crippen LogP) is 8.42. The minimum atomic E-state index is -5.41. The summed E-state index contributed by atoms with van der Waals surface area (Å²) in [7, 11) is -5.41. The number of aliphatic carboxylic acids is 1. The lowest BCUT2D eigenvalue weighted by atomic mass is 9.76. The number of allylic oxidation sites excluding steroid dienone is 2. The zero-order valence-electron chi connectivity index (χ0n) is 22.6. The number of sulfonamides is 1. The Morgan fingerprint density at radius 2 is 1.40 bits per heavy atom. The quantitative estimate of drug-likeness (QED) is 0.281.